The quantitative estimate of drug-likeness (QED) is 0.439. The van der Waals surface area contributed by atoms with E-state index in [9.17, 15) is 10.1 Å². The van der Waals surface area contributed by atoms with Crippen LogP contribution in [0, 0.1) is 10.1 Å². The normalized spacial score (nSPS) is 12.5. The molecule has 1 N–H and O–H groups in total. The lowest BCUT2D eigenvalue weighted by molar-refractivity contribution is -0.383. The average Bonchev–Trinajstić information content (AvgIpc) is 2.85. The van der Waals surface area contributed by atoms with Crippen LogP contribution in [-0.4, -0.2) is 15.9 Å². The Morgan fingerprint density at radius 2 is 2.19 bits per heavy atom. The molecule has 1 unspecified atom stereocenters. The van der Waals surface area contributed by atoms with Crippen molar-refractivity contribution in [2.45, 2.75) is 52.0 Å². The van der Waals surface area contributed by atoms with E-state index < -0.39 is 4.92 Å². The summed E-state index contributed by atoms with van der Waals surface area (Å²) in [5, 5.41) is 14.1. The molecule has 0 saturated carbocycles. The molecule has 0 aliphatic heterocycles. The van der Waals surface area contributed by atoms with Gasteiger partial charge in [0.05, 0.1) is 4.92 Å². The fraction of sp³-hybridized carbons (Fsp3) is 0.533. The molecule has 6 nitrogen and oxygen atoms in total. The van der Waals surface area contributed by atoms with Crippen LogP contribution in [-0.2, 0) is 0 Å². The van der Waals surface area contributed by atoms with Gasteiger partial charge in [0.1, 0.15) is 0 Å². The number of non-ortho nitro benzene ring substituents is 1. The van der Waals surface area contributed by atoms with Gasteiger partial charge in [0.25, 0.3) is 11.7 Å². The van der Waals surface area contributed by atoms with Crippen LogP contribution in [0.1, 0.15) is 46.0 Å². The molecule has 0 amide bonds. The Labute approximate surface area is 123 Å². The van der Waals surface area contributed by atoms with Crippen LogP contribution < -0.4 is 5.32 Å². The van der Waals surface area contributed by atoms with Crippen molar-refractivity contribution in [3.63, 3.8) is 0 Å². The van der Waals surface area contributed by atoms with Crippen LogP contribution in [0.15, 0.2) is 22.6 Å². The molecule has 2 rings (SSSR count). The third-order valence-electron chi connectivity index (χ3n) is 3.45. The van der Waals surface area contributed by atoms with E-state index >= 15 is 0 Å². The number of para-hydroxylation sites is 1. The number of hydrogen-bond donors (Lipinski definition) is 1. The molecule has 1 atom stereocenters. The van der Waals surface area contributed by atoms with E-state index in [0.717, 1.165) is 12.8 Å². The van der Waals surface area contributed by atoms with Gasteiger partial charge in [-0.25, -0.2) is 0 Å². The minimum absolute atomic E-state index is 0.0279. The predicted molar refractivity (Wildman–Crippen MR) is 82.5 cm³/mol. The largest absolute Gasteiger partial charge is 0.423 e. The molecule has 6 heteroatoms. The first kappa shape index (κ1) is 15.3. The van der Waals surface area contributed by atoms with Crippen LogP contribution in [0.25, 0.3) is 11.1 Å². The number of unbranched alkanes of at least 4 members (excludes halogenated alkanes) is 3. The molecule has 0 spiro atoms. The number of anilines is 1. The standard InChI is InChI=1S/C15H21N3O3/c1-3-4-5-6-8-11(2)16-15-17-14-12(18(19)20)9-7-10-13(14)21-15/h7,9-11H,3-6,8H2,1-2H3,(H,16,17). The summed E-state index contributed by atoms with van der Waals surface area (Å²) in [5.74, 6) is 0. The number of nitro groups is 1. The molecule has 0 bridgehead atoms. The number of oxazole rings is 1. The molecular weight excluding hydrogens is 270 g/mol. The zero-order valence-electron chi connectivity index (χ0n) is 12.5. The van der Waals surface area contributed by atoms with E-state index in [-0.39, 0.29) is 11.7 Å². The van der Waals surface area contributed by atoms with Crippen LogP contribution in [0.3, 0.4) is 0 Å². The highest BCUT2D eigenvalue weighted by Crippen LogP contribution is 2.27. The van der Waals surface area contributed by atoms with Gasteiger partial charge in [-0.15, -0.1) is 0 Å². The van der Waals surface area contributed by atoms with Gasteiger partial charge in [-0.2, -0.15) is 4.98 Å². The van der Waals surface area contributed by atoms with Gasteiger partial charge >= 0.3 is 0 Å². The van der Waals surface area contributed by atoms with Crippen molar-refractivity contribution in [3.8, 4) is 0 Å². The first-order valence-corrected chi connectivity index (χ1v) is 7.42. The number of nitrogens with one attached hydrogen (secondary N) is 1. The second kappa shape index (κ2) is 7.06. The molecule has 1 heterocycles. The summed E-state index contributed by atoms with van der Waals surface area (Å²) in [5.41, 5.74) is 0.702. The molecule has 2 aromatic rings. The average molecular weight is 291 g/mol. The number of fused-ring (bicyclic) bond motifs is 1. The van der Waals surface area contributed by atoms with Crippen molar-refractivity contribution in [2.75, 3.05) is 5.32 Å². The SMILES string of the molecule is CCCCCCC(C)Nc1nc2c([N+](=O)[O-])cccc2o1. The number of nitrogens with zero attached hydrogens (tertiary/aromatic N) is 2. The van der Waals surface area contributed by atoms with Gasteiger partial charge in [0, 0.05) is 12.1 Å². The van der Waals surface area contributed by atoms with E-state index in [0.29, 0.717) is 17.1 Å². The van der Waals surface area contributed by atoms with Gasteiger partial charge in [-0.05, 0) is 19.4 Å². The summed E-state index contributed by atoms with van der Waals surface area (Å²) in [6, 6.07) is 5.30. The lowest BCUT2D eigenvalue weighted by atomic mass is 10.1. The van der Waals surface area contributed by atoms with Crippen molar-refractivity contribution < 1.29 is 9.34 Å². The van der Waals surface area contributed by atoms with Crippen LogP contribution >= 0.6 is 0 Å². The molecule has 0 saturated heterocycles. The smallest absolute Gasteiger partial charge is 0.298 e. The molecule has 114 valence electrons. The molecule has 0 aliphatic carbocycles. The number of nitro benzene ring substituents is 1. The summed E-state index contributed by atoms with van der Waals surface area (Å²) in [6.07, 6.45) is 5.88. The fourth-order valence-electron chi connectivity index (χ4n) is 2.30. The topological polar surface area (TPSA) is 81.2 Å². The number of benzene rings is 1. The highest BCUT2D eigenvalue weighted by molar-refractivity contribution is 5.84. The monoisotopic (exact) mass is 291 g/mol. The van der Waals surface area contributed by atoms with Gasteiger partial charge in [-0.1, -0.05) is 38.7 Å². The summed E-state index contributed by atoms with van der Waals surface area (Å²) in [7, 11) is 0. The summed E-state index contributed by atoms with van der Waals surface area (Å²) in [6.45, 7) is 4.25. The Morgan fingerprint density at radius 1 is 1.38 bits per heavy atom. The number of rotatable bonds is 8. The van der Waals surface area contributed by atoms with E-state index in [4.69, 9.17) is 4.42 Å². The minimum Gasteiger partial charge on any atom is -0.423 e. The second-order valence-electron chi connectivity index (χ2n) is 5.29. The van der Waals surface area contributed by atoms with Crippen molar-refractivity contribution in [3.05, 3.63) is 28.3 Å². The predicted octanol–water partition coefficient (Wildman–Crippen LogP) is 4.51. The van der Waals surface area contributed by atoms with Gasteiger partial charge in [0.2, 0.25) is 0 Å². The maximum atomic E-state index is 11.0. The van der Waals surface area contributed by atoms with Crippen LogP contribution in [0.5, 0.6) is 0 Å². The van der Waals surface area contributed by atoms with Gasteiger partial charge in [-0.3, -0.25) is 10.1 Å². The Balaban J connectivity index is 2.02. The Morgan fingerprint density at radius 3 is 2.90 bits per heavy atom. The second-order valence-corrected chi connectivity index (χ2v) is 5.29. The zero-order valence-corrected chi connectivity index (χ0v) is 12.5. The molecule has 1 aromatic carbocycles. The van der Waals surface area contributed by atoms with Crippen molar-refractivity contribution >= 4 is 22.8 Å². The fourth-order valence-corrected chi connectivity index (χ4v) is 2.30. The third kappa shape index (κ3) is 3.93. The Kier molecular flexibility index (Phi) is 5.14. The third-order valence-corrected chi connectivity index (χ3v) is 3.45. The lowest BCUT2D eigenvalue weighted by Crippen LogP contribution is -2.14. The van der Waals surface area contributed by atoms with E-state index in [1.54, 1.807) is 12.1 Å². The molecule has 0 aliphatic rings. The Hall–Kier alpha value is -2.11. The van der Waals surface area contributed by atoms with E-state index in [1.807, 2.05) is 0 Å². The van der Waals surface area contributed by atoms with Crippen LogP contribution in [0.2, 0.25) is 0 Å². The van der Waals surface area contributed by atoms with Gasteiger partial charge < -0.3 is 9.73 Å². The van der Waals surface area contributed by atoms with Crippen molar-refractivity contribution in [1.82, 2.24) is 4.98 Å². The van der Waals surface area contributed by atoms with Crippen molar-refractivity contribution in [2.24, 2.45) is 0 Å². The number of hydrogen-bond acceptors (Lipinski definition) is 5. The summed E-state index contributed by atoms with van der Waals surface area (Å²) in [4.78, 5) is 14.7. The minimum atomic E-state index is -0.442. The maximum Gasteiger partial charge on any atom is 0.298 e. The lowest BCUT2D eigenvalue weighted by Gasteiger charge is -2.11. The Bertz CT molecular complexity index is 609. The summed E-state index contributed by atoms with van der Waals surface area (Å²) < 4.78 is 5.53. The highest BCUT2D eigenvalue weighted by Gasteiger charge is 2.17. The maximum absolute atomic E-state index is 11.0. The zero-order chi connectivity index (χ0) is 15.2. The van der Waals surface area contributed by atoms with Gasteiger partial charge in [0.15, 0.2) is 11.1 Å². The molecule has 0 radical (unpaired) electrons. The first-order valence-electron chi connectivity index (χ1n) is 7.42. The van der Waals surface area contributed by atoms with Crippen molar-refractivity contribution in [1.29, 1.82) is 0 Å². The molecular formula is C15H21N3O3. The first-order chi connectivity index (χ1) is 10.1. The van der Waals surface area contributed by atoms with E-state index in [2.05, 4.69) is 24.1 Å². The van der Waals surface area contributed by atoms with E-state index in [1.165, 1.54) is 25.3 Å². The molecule has 1 aromatic heterocycles. The molecule has 21 heavy (non-hydrogen) atoms. The summed E-state index contributed by atoms with van der Waals surface area (Å²) >= 11 is 0. The number of aromatic nitrogens is 1. The van der Waals surface area contributed by atoms with Crippen LogP contribution in [0.4, 0.5) is 11.7 Å². The molecule has 0 fully saturated rings. The highest BCUT2D eigenvalue weighted by atomic mass is 16.6.